The minimum absolute atomic E-state index is 0.0509. The molecule has 0 aromatic heterocycles. The quantitative estimate of drug-likeness (QED) is 0.817. The second-order valence-corrected chi connectivity index (χ2v) is 5.21. The van der Waals surface area contributed by atoms with Gasteiger partial charge in [0.15, 0.2) is 0 Å². The van der Waals surface area contributed by atoms with Crippen LogP contribution in [0.5, 0.6) is 11.5 Å². The molecule has 1 saturated carbocycles. The predicted octanol–water partition coefficient (Wildman–Crippen LogP) is 2.72. The number of amides is 1. The first-order valence-electron chi connectivity index (χ1n) is 6.52. The summed E-state index contributed by atoms with van der Waals surface area (Å²) in [6.07, 6.45) is 3.89. The van der Waals surface area contributed by atoms with Crippen LogP contribution >= 0.6 is 11.6 Å². The molecule has 1 aliphatic carbocycles. The molecule has 104 valence electrons. The van der Waals surface area contributed by atoms with E-state index in [0.717, 1.165) is 25.7 Å². The largest absolute Gasteiger partial charge is 0.508 e. The Balaban J connectivity index is 2.17. The van der Waals surface area contributed by atoms with Crippen molar-refractivity contribution in [1.82, 2.24) is 4.90 Å². The maximum atomic E-state index is 12.5. The van der Waals surface area contributed by atoms with Crippen LogP contribution in [0, 0.1) is 0 Å². The standard InChI is InChI=1S/C14H18ClNO3/c15-7-2-8-16(10-3-1-4-10)14(19)12-6-5-11(17)9-13(12)18/h5-6,9-10,17-18H,1-4,7-8H2. The Bertz CT molecular complexity index is 460. The van der Waals surface area contributed by atoms with Crippen LogP contribution in [0.3, 0.4) is 0 Å². The van der Waals surface area contributed by atoms with E-state index in [4.69, 9.17) is 11.6 Å². The average molecular weight is 284 g/mol. The first-order valence-corrected chi connectivity index (χ1v) is 7.06. The van der Waals surface area contributed by atoms with Gasteiger partial charge in [-0.3, -0.25) is 4.79 Å². The molecular formula is C14H18ClNO3. The Morgan fingerprint density at radius 2 is 2.11 bits per heavy atom. The molecule has 4 nitrogen and oxygen atoms in total. The van der Waals surface area contributed by atoms with Crippen molar-refractivity contribution in [2.45, 2.75) is 31.7 Å². The molecule has 1 aromatic rings. The number of hydrogen-bond donors (Lipinski definition) is 2. The third-order valence-corrected chi connectivity index (χ3v) is 3.79. The van der Waals surface area contributed by atoms with Crippen molar-refractivity contribution in [3.8, 4) is 11.5 Å². The van der Waals surface area contributed by atoms with Gasteiger partial charge in [0.2, 0.25) is 0 Å². The highest BCUT2D eigenvalue weighted by molar-refractivity contribution is 6.17. The van der Waals surface area contributed by atoms with Gasteiger partial charge in [0.25, 0.3) is 5.91 Å². The van der Waals surface area contributed by atoms with E-state index in [1.807, 2.05) is 0 Å². The Kier molecular flexibility index (Phi) is 4.53. The molecule has 0 unspecified atom stereocenters. The first-order chi connectivity index (χ1) is 9.13. The fourth-order valence-electron chi connectivity index (χ4n) is 2.23. The van der Waals surface area contributed by atoms with Gasteiger partial charge in [-0.15, -0.1) is 11.6 Å². The second-order valence-electron chi connectivity index (χ2n) is 4.83. The lowest BCUT2D eigenvalue weighted by Crippen LogP contribution is -2.44. The molecule has 0 atom stereocenters. The first kappa shape index (κ1) is 14.0. The summed E-state index contributed by atoms with van der Waals surface area (Å²) >= 11 is 5.69. The monoisotopic (exact) mass is 283 g/mol. The smallest absolute Gasteiger partial charge is 0.257 e. The van der Waals surface area contributed by atoms with Gasteiger partial charge in [-0.1, -0.05) is 0 Å². The minimum Gasteiger partial charge on any atom is -0.508 e. The zero-order valence-corrected chi connectivity index (χ0v) is 11.4. The molecule has 19 heavy (non-hydrogen) atoms. The lowest BCUT2D eigenvalue weighted by molar-refractivity contribution is 0.0578. The molecule has 0 radical (unpaired) electrons. The highest BCUT2D eigenvalue weighted by Gasteiger charge is 2.30. The molecule has 1 aromatic carbocycles. The molecule has 2 rings (SSSR count). The van der Waals surface area contributed by atoms with E-state index in [0.29, 0.717) is 12.4 Å². The maximum absolute atomic E-state index is 12.5. The van der Waals surface area contributed by atoms with Gasteiger partial charge in [0.1, 0.15) is 11.5 Å². The zero-order chi connectivity index (χ0) is 13.8. The summed E-state index contributed by atoms with van der Waals surface area (Å²) in [6.45, 7) is 0.604. The number of rotatable bonds is 5. The zero-order valence-electron chi connectivity index (χ0n) is 10.7. The summed E-state index contributed by atoms with van der Waals surface area (Å²) in [7, 11) is 0. The Hall–Kier alpha value is -1.42. The van der Waals surface area contributed by atoms with Crippen molar-refractivity contribution in [3.63, 3.8) is 0 Å². The van der Waals surface area contributed by atoms with Gasteiger partial charge in [0.05, 0.1) is 5.56 Å². The molecule has 0 saturated heterocycles. The molecule has 0 aliphatic heterocycles. The number of carbonyl (C=O) groups excluding carboxylic acids is 1. The van der Waals surface area contributed by atoms with Crippen LogP contribution in [0.15, 0.2) is 18.2 Å². The molecule has 5 heteroatoms. The number of phenols is 2. The highest BCUT2D eigenvalue weighted by Crippen LogP contribution is 2.29. The number of hydrogen-bond acceptors (Lipinski definition) is 3. The molecule has 1 amide bonds. The number of alkyl halides is 1. The molecular weight excluding hydrogens is 266 g/mol. The molecule has 1 fully saturated rings. The van der Waals surface area contributed by atoms with E-state index >= 15 is 0 Å². The van der Waals surface area contributed by atoms with Crippen LogP contribution < -0.4 is 0 Å². The van der Waals surface area contributed by atoms with Gasteiger partial charge in [-0.2, -0.15) is 0 Å². The minimum atomic E-state index is -0.188. The summed E-state index contributed by atoms with van der Waals surface area (Å²) < 4.78 is 0. The fourth-order valence-corrected chi connectivity index (χ4v) is 2.35. The third kappa shape index (κ3) is 3.13. The maximum Gasteiger partial charge on any atom is 0.257 e. The normalized spacial score (nSPS) is 15.0. The Labute approximate surface area is 117 Å². The van der Waals surface area contributed by atoms with Crippen LogP contribution in [-0.2, 0) is 0 Å². The molecule has 1 aliphatic rings. The molecule has 0 bridgehead atoms. The van der Waals surface area contributed by atoms with E-state index in [9.17, 15) is 15.0 Å². The van der Waals surface area contributed by atoms with Crippen molar-refractivity contribution >= 4 is 17.5 Å². The number of carbonyl (C=O) groups is 1. The van der Waals surface area contributed by atoms with Crippen LogP contribution in [0.4, 0.5) is 0 Å². The molecule has 2 N–H and O–H groups in total. The van der Waals surface area contributed by atoms with Crippen LogP contribution in [-0.4, -0.2) is 39.5 Å². The highest BCUT2D eigenvalue weighted by atomic mass is 35.5. The summed E-state index contributed by atoms with van der Waals surface area (Å²) in [5.74, 6) is 0.0930. The van der Waals surface area contributed by atoms with E-state index in [1.165, 1.54) is 18.2 Å². The number of nitrogens with zero attached hydrogens (tertiary/aromatic N) is 1. The van der Waals surface area contributed by atoms with Gasteiger partial charge in [-0.05, 0) is 37.8 Å². The van der Waals surface area contributed by atoms with Crippen molar-refractivity contribution in [2.24, 2.45) is 0 Å². The molecule has 0 spiro atoms. The van der Waals surface area contributed by atoms with Gasteiger partial charge >= 0.3 is 0 Å². The van der Waals surface area contributed by atoms with Crippen LogP contribution in [0.1, 0.15) is 36.0 Å². The lowest BCUT2D eigenvalue weighted by atomic mass is 9.90. The van der Waals surface area contributed by atoms with E-state index in [-0.39, 0.29) is 29.0 Å². The number of halogens is 1. The number of aromatic hydroxyl groups is 2. The summed E-state index contributed by atoms with van der Waals surface area (Å²) in [5.41, 5.74) is 0.235. The fraction of sp³-hybridized carbons (Fsp3) is 0.500. The Morgan fingerprint density at radius 1 is 1.37 bits per heavy atom. The average Bonchev–Trinajstić information content (AvgIpc) is 2.31. The van der Waals surface area contributed by atoms with Crippen molar-refractivity contribution in [3.05, 3.63) is 23.8 Å². The Morgan fingerprint density at radius 3 is 2.63 bits per heavy atom. The van der Waals surface area contributed by atoms with Gasteiger partial charge in [0, 0.05) is 24.5 Å². The lowest BCUT2D eigenvalue weighted by Gasteiger charge is -2.37. The number of benzene rings is 1. The summed E-state index contributed by atoms with van der Waals surface area (Å²) in [4.78, 5) is 14.2. The second kappa shape index (κ2) is 6.15. The van der Waals surface area contributed by atoms with Crippen molar-refractivity contribution in [2.75, 3.05) is 12.4 Å². The van der Waals surface area contributed by atoms with E-state index in [2.05, 4.69) is 0 Å². The predicted molar refractivity (Wildman–Crippen MR) is 73.8 cm³/mol. The van der Waals surface area contributed by atoms with Gasteiger partial charge < -0.3 is 15.1 Å². The van der Waals surface area contributed by atoms with Crippen molar-refractivity contribution < 1.29 is 15.0 Å². The van der Waals surface area contributed by atoms with Crippen LogP contribution in [0.2, 0.25) is 0 Å². The van der Waals surface area contributed by atoms with Crippen LogP contribution in [0.25, 0.3) is 0 Å². The molecule has 0 heterocycles. The summed E-state index contributed by atoms with van der Waals surface area (Å²) in [5, 5.41) is 19.0. The van der Waals surface area contributed by atoms with E-state index < -0.39 is 0 Å². The van der Waals surface area contributed by atoms with E-state index in [1.54, 1.807) is 4.90 Å². The third-order valence-electron chi connectivity index (χ3n) is 3.52. The summed E-state index contributed by atoms with van der Waals surface area (Å²) in [6, 6.07) is 4.31. The van der Waals surface area contributed by atoms with Crippen molar-refractivity contribution in [1.29, 1.82) is 0 Å². The SMILES string of the molecule is O=C(c1ccc(O)cc1O)N(CCCCl)C1CCC1. The van der Waals surface area contributed by atoms with Gasteiger partial charge in [-0.25, -0.2) is 0 Å². The topological polar surface area (TPSA) is 60.8 Å². The number of phenolic OH excluding ortho intramolecular Hbond substituents is 2.